The SMILES string of the molecule is CC1CN(Cc2ccc([N+](=O)[O-])cc2C(F)(F)F)CCN1C(=O)OC(C)(C)C. The maximum absolute atomic E-state index is 13.3. The lowest BCUT2D eigenvalue weighted by Gasteiger charge is -2.40. The standard InChI is InChI=1S/C18H24F3N3O4/c1-12-10-22(7-8-23(12)16(25)28-17(2,3)4)11-13-5-6-14(24(26)27)9-15(13)18(19,20)21/h5-6,9,12H,7-8,10-11H2,1-4H3. The number of ether oxygens (including phenoxy) is 1. The van der Waals surface area contributed by atoms with Crippen molar-refractivity contribution in [3.63, 3.8) is 0 Å². The van der Waals surface area contributed by atoms with E-state index in [2.05, 4.69) is 0 Å². The van der Waals surface area contributed by atoms with Crippen molar-refractivity contribution in [3.05, 3.63) is 39.4 Å². The molecule has 0 bridgehead atoms. The largest absolute Gasteiger partial charge is 0.444 e. The number of non-ortho nitro benzene ring substituents is 1. The molecule has 2 rings (SSSR count). The first-order valence-corrected chi connectivity index (χ1v) is 8.84. The molecular weight excluding hydrogens is 379 g/mol. The molecule has 0 spiro atoms. The molecule has 28 heavy (non-hydrogen) atoms. The number of halogens is 3. The Balaban J connectivity index is 2.12. The highest BCUT2D eigenvalue weighted by molar-refractivity contribution is 5.68. The Morgan fingerprint density at radius 1 is 1.29 bits per heavy atom. The van der Waals surface area contributed by atoms with E-state index in [-0.39, 0.29) is 18.2 Å². The van der Waals surface area contributed by atoms with Crippen LogP contribution in [0.2, 0.25) is 0 Å². The summed E-state index contributed by atoms with van der Waals surface area (Å²) in [5.74, 6) is 0. The second-order valence-corrected chi connectivity index (χ2v) is 7.85. The molecule has 1 amide bonds. The van der Waals surface area contributed by atoms with E-state index in [1.165, 1.54) is 0 Å². The molecule has 1 saturated heterocycles. The normalized spacial score (nSPS) is 18.8. The number of carbonyl (C=O) groups is 1. The lowest BCUT2D eigenvalue weighted by molar-refractivity contribution is -0.385. The number of piperazine rings is 1. The van der Waals surface area contributed by atoms with Crippen LogP contribution >= 0.6 is 0 Å². The Bertz CT molecular complexity index is 747. The van der Waals surface area contributed by atoms with Crippen LogP contribution in [0.3, 0.4) is 0 Å². The smallest absolute Gasteiger partial charge is 0.416 e. The van der Waals surface area contributed by atoms with Gasteiger partial charge in [-0.1, -0.05) is 6.07 Å². The van der Waals surface area contributed by atoms with Crippen molar-refractivity contribution in [3.8, 4) is 0 Å². The summed E-state index contributed by atoms with van der Waals surface area (Å²) in [6.07, 6.45) is -5.14. The first kappa shape index (κ1) is 21.9. The van der Waals surface area contributed by atoms with Gasteiger partial charge in [-0.3, -0.25) is 15.0 Å². The Hall–Kier alpha value is -2.36. The summed E-state index contributed by atoms with van der Waals surface area (Å²) in [5.41, 5.74) is -2.27. The first-order chi connectivity index (χ1) is 12.8. The van der Waals surface area contributed by atoms with Gasteiger partial charge in [0.25, 0.3) is 5.69 Å². The summed E-state index contributed by atoms with van der Waals surface area (Å²) < 4.78 is 45.4. The van der Waals surface area contributed by atoms with Crippen molar-refractivity contribution in [1.29, 1.82) is 0 Å². The molecule has 0 aliphatic carbocycles. The van der Waals surface area contributed by atoms with Crippen LogP contribution in [0.5, 0.6) is 0 Å². The fourth-order valence-electron chi connectivity index (χ4n) is 3.09. The topological polar surface area (TPSA) is 75.9 Å². The quantitative estimate of drug-likeness (QED) is 0.562. The highest BCUT2D eigenvalue weighted by Crippen LogP contribution is 2.35. The van der Waals surface area contributed by atoms with Gasteiger partial charge < -0.3 is 9.64 Å². The average molecular weight is 403 g/mol. The Morgan fingerprint density at radius 3 is 2.43 bits per heavy atom. The van der Waals surface area contributed by atoms with Crippen LogP contribution in [-0.4, -0.2) is 52.1 Å². The zero-order chi connectivity index (χ0) is 21.3. The number of alkyl halides is 3. The number of carbonyl (C=O) groups excluding carboxylic acids is 1. The summed E-state index contributed by atoms with van der Waals surface area (Å²) >= 11 is 0. The van der Waals surface area contributed by atoms with Crippen LogP contribution in [0, 0.1) is 10.1 Å². The van der Waals surface area contributed by atoms with Gasteiger partial charge >= 0.3 is 12.3 Å². The van der Waals surface area contributed by atoms with E-state index in [0.29, 0.717) is 25.7 Å². The van der Waals surface area contributed by atoms with Crippen LogP contribution in [0.15, 0.2) is 18.2 Å². The van der Waals surface area contributed by atoms with Crippen molar-refractivity contribution in [2.45, 2.75) is 52.1 Å². The molecule has 7 nitrogen and oxygen atoms in total. The van der Waals surface area contributed by atoms with E-state index in [1.807, 2.05) is 0 Å². The molecule has 0 saturated carbocycles. The number of nitro benzene ring substituents is 1. The molecule has 0 radical (unpaired) electrons. The van der Waals surface area contributed by atoms with Gasteiger partial charge in [0.15, 0.2) is 0 Å². The number of benzene rings is 1. The number of hydrogen-bond acceptors (Lipinski definition) is 5. The monoisotopic (exact) mass is 403 g/mol. The summed E-state index contributed by atoms with van der Waals surface area (Å²) in [7, 11) is 0. The van der Waals surface area contributed by atoms with Gasteiger partial charge in [-0.05, 0) is 33.3 Å². The van der Waals surface area contributed by atoms with E-state index >= 15 is 0 Å². The molecule has 0 N–H and O–H groups in total. The molecule has 10 heteroatoms. The van der Waals surface area contributed by atoms with Crippen LogP contribution in [0.25, 0.3) is 0 Å². The van der Waals surface area contributed by atoms with E-state index in [4.69, 9.17) is 4.74 Å². The molecule has 0 aromatic heterocycles. The summed E-state index contributed by atoms with van der Waals surface area (Å²) in [6.45, 7) is 8.14. The van der Waals surface area contributed by atoms with Gasteiger partial charge in [-0.2, -0.15) is 13.2 Å². The Morgan fingerprint density at radius 2 is 1.93 bits per heavy atom. The zero-order valence-electron chi connectivity index (χ0n) is 16.2. The van der Waals surface area contributed by atoms with Crippen molar-refractivity contribution in [2.24, 2.45) is 0 Å². The van der Waals surface area contributed by atoms with Gasteiger partial charge in [0.05, 0.1) is 10.5 Å². The summed E-state index contributed by atoms with van der Waals surface area (Å²) in [6, 6.07) is 2.54. The van der Waals surface area contributed by atoms with Gasteiger partial charge in [0.1, 0.15) is 5.60 Å². The Labute approximate surface area is 161 Å². The van der Waals surface area contributed by atoms with Gasteiger partial charge in [-0.25, -0.2) is 4.79 Å². The number of amides is 1. The second-order valence-electron chi connectivity index (χ2n) is 7.85. The predicted octanol–water partition coefficient (Wildman–Crippen LogP) is 4.05. The molecular formula is C18H24F3N3O4. The van der Waals surface area contributed by atoms with Crippen LogP contribution in [-0.2, 0) is 17.5 Å². The van der Waals surface area contributed by atoms with Gasteiger partial charge in [-0.15, -0.1) is 0 Å². The molecule has 156 valence electrons. The minimum absolute atomic E-state index is 0.0145. The summed E-state index contributed by atoms with van der Waals surface area (Å²) in [5, 5.41) is 10.8. The fraction of sp³-hybridized carbons (Fsp3) is 0.611. The fourth-order valence-corrected chi connectivity index (χ4v) is 3.09. The highest BCUT2D eigenvalue weighted by Gasteiger charge is 2.36. The van der Waals surface area contributed by atoms with Gasteiger partial charge in [0.2, 0.25) is 0 Å². The Kier molecular flexibility index (Phi) is 6.22. The van der Waals surface area contributed by atoms with Gasteiger partial charge in [0, 0.05) is 44.4 Å². The van der Waals surface area contributed by atoms with Crippen LogP contribution < -0.4 is 0 Å². The molecule has 1 atom stereocenters. The average Bonchev–Trinajstić information content (AvgIpc) is 2.52. The molecule has 1 aliphatic heterocycles. The predicted molar refractivity (Wildman–Crippen MR) is 95.8 cm³/mol. The molecule has 1 aliphatic rings. The number of nitrogens with zero attached hydrogens (tertiary/aromatic N) is 3. The lowest BCUT2D eigenvalue weighted by Crippen LogP contribution is -2.54. The zero-order valence-corrected chi connectivity index (χ0v) is 16.2. The number of rotatable bonds is 3. The molecule has 1 aromatic rings. The molecule has 1 aromatic carbocycles. The van der Waals surface area contributed by atoms with Crippen LogP contribution in [0.4, 0.5) is 23.7 Å². The third-order valence-corrected chi connectivity index (χ3v) is 4.34. The lowest BCUT2D eigenvalue weighted by atomic mass is 10.0. The minimum Gasteiger partial charge on any atom is -0.444 e. The molecule has 1 fully saturated rings. The third kappa shape index (κ3) is 5.57. The number of hydrogen-bond donors (Lipinski definition) is 0. The van der Waals surface area contributed by atoms with E-state index in [1.54, 1.807) is 37.5 Å². The van der Waals surface area contributed by atoms with Crippen molar-refractivity contribution < 1.29 is 27.6 Å². The summed E-state index contributed by atoms with van der Waals surface area (Å²) in [4.78, 5) is 25.6. The van der Waals surface area contributed by atoms with Crippen molar-refractivity contribution >= 4 is 11.8 Å². The third-order valence-electron chi connectivity index (χ3n) is 4.34. The maximum Gasteiger partial charge on any atom is 0.416 e. The molecule has 1 unspecified atom stereocenters. The highest BCUT2D eigenvalue weighted by atomic mass is 19.4. The number of nitro groups is 1. The minimum atomic E-state index is -4.69. The first-order valence-electron chi connectivity index (χ1n) is 8.84. The van der Waals surface area contributed by atoms with E-state index in [0.717, 1.165) is 12.1 Å². The van der Waals surface area contributed by atoms with Crippen molar-refractivity contribution in [2.75, 3.05) is 19.6 Å². The van der Waals surface area contributed by atoms with Crippen molar-refractivity contribution in [1.82, 2.24) is 9.80 Å². The van der Waals surface area contributed by atoms with E-state index in [9.17, 15) is 28.1 Å². The van der Waals surface area contributed by atoms with Crippen LogP contribution in [0.1, 0.15) is 38.8 Å². The second kappa shape index (κ2) is 7.94. The maximum atomic E-state index is 13.3. The van der Waals surface area contributed by atoms with E-state index < -0.39 is 34.0 Å². The molecule has 1 heterocycles.